The average molecular weight is 936 g/mol. The first-order valence-corrected chi connectivity index (χ1v) is 20.9. The van der Waals surface area contributed by atoms with Gasteiger partial charge in [-0.05, 0) is 42.7 Å². The number of aryl methyl sites for hydroxylation is 1. The maximum Gasteiger partial charge on any atom is 0.332 e. The van der Waals surface area contributed by atoms with Crippen molar-refractivity contribution in [1.29, 1.82) is 0 Å². The Morgan fingerprint density at radius 1 is 0.879 bits per heavy atom. The van der Waals surface area contributed by atoms with Crippen molar-refractivity contribution < 1.29 is 29.6 Å². The summed E-state index contributed by atoms with van der Waals surface area (Å²) in [5, 5.41) is 31.9. The molecule has 1 aliphatic heterocycles. The van der Waals surface area contributed by atoms with Gasteiger partial charge in [0.1, 0.15) is 36.3 Å². The van der Waals surface area contributed by atoms with Gasteiger partial charge in [0.05, 0.1) is 19.5 Å². The molecule has 1 aliphatic rings. The molecule has 7 aromatic rings. The number of fused-ring (bicyclic) bond motifs is 2. The smallest absolute Gasteiger partial charge is 0.332 e. The predicted octanol–water partition coefficient (Wildman–Crippen LogP) is 0.0357. The van der Waals surface area contributed by atoms with Crippen molar-refractivity contribution in [2.24, 2.45) is 32.8 Å². The Kier molecular flexibility index (Phi) is 17.2. The van der Waals surface area contributed by atoms with Gasteiger partial charge in [-0.3, -0.25) is 32.7 Å². The Morgan fingerprint density at radius 3 is 2.00 bits per heavy atom. The van der Waals surface area contributed by atoms with Crippen molar-refractivity contribution in [2.75, 3.05) is 33.9 Å². The lowest BCUT2D eigenvalue weighted by Crippen LogP contribution is -2.38. The van der Waals surface area contributed by atoms with Crippen molar-refractivity contribution >= 4 is 39.8 Å². The summed E-state index contributed by atoms with van der Waals surface area (Å²) < 4.78 is 17.2. The molecular weight excluding hydrogens is 882 g/mol. The molecule has 1 fully saturated rings. The Morgan fingerprint density at radius 2 is 1.47 bits per heavy atom. The molecule has 0 bridgehead atoms. The second kappa shape index (κ2) is 22.5. The molecule has 4 atom stereocenters. The van der Waals surface area contributed by atoms with Crippen LogP contribution in [0.3, 0.4) is 0 Å². The number of nitrogens with zero attached hydrogens (tertiary/aromatic N) is 10. The molecule has 0 unspecified atom stereocenters. The second-order valence-electron chi connectivity index (χ2n) is 15.7. The summed E-state index contributed by atoms with van der Waals surface area (Å²) in [6.45, 7) is 5.78. The molecule has 66 heavy (non-hydrogen) atoms. The summed E-state index contributed by atoms with van der Waals surface area (Å²) in [6.07, 6.45) is -1.81. The quantitative estimate of drug-likeness (QED) is 0.0934. The van der Waals surface area contributed by atoms with E-state index in [0.29, 0.717) is 23.6 Å². The number of aliphatic hydroxyl groups excluding tert-OH is 3. The molecule has 1 saturated heterocycles. The van der Waals surface area contributed by atoms with Crippen LogP contribution in [0, 0.1) is 5.92 Å². The Bertz CT molecular complexity index is 2900. The predicted molar refractivity (Wildman–Crippen MR) is 243 cm³/mol. The third kappa shape index (κ3) is 11.8. The summed E-state index contributed by atoms with van der Waals surface area (Å²) in [5.41, 5.74) is 7.18. The number of halogens is 1. The molecule has 24 heteroatoms. The average Bonchev–Trinajstić information content (AvgIpc) is 4.13. The van der Waals surface area contributed by atoms with Gasteiger partial charge in [-0.1, -0.05) is 74.5 Å². The summed E-state index contributed by atoms with van der Waals surface area (Å²) in [6, 6.07) is 20.8. The SMILES string of the molecule is CC(C)Cn1c(=O)n(C)c(=O)c2[nH]cnc21.CN(C)CCOC(c1ccccc1)c1ccccc1.Cn1c(=O)c2[nH]c(Cl)nc2n(C)c1=O.NC(=O)c1ncn([C@@H]2O[C@H](CO)[C@@H](O)[C@H]2O)n1. The maximum absolute atomic E-state index is 11.9. The maximum atomic E-state index is 11.9. The molecule has 0 saturated carbocycles. The molecule has 7 N–H and O–H groups in total. The number of benzene rings is 2. The number of carbonyl (C=O) groups is 1. The van der Waals surface area contributed by atoms with Crippen molar-refractivity contribution in [3.63, 3.8) is 0 Å². The number of ether oxygens (including phenoxy) is 2. The highest BCUT2D eigenvalue weighted by atomic mass is 35.5. The van der Waals surface area contributed by atoms with Gasteiger partial charge < -0.3 is 45.4 Å². The normalized spacial score (nSPS) is 16.8. The fourth-order valence-corrected chi connectivity index (χ4v) is 6.78. The fourth-order valence-electron chi connectivity index (χ4n) is 6.61. The summed E-state index contributed by atoms with van der Waals surface area (Å²) in [7, 11) is 8.52. The summed E-state index contributed by atoms with van der Waals surface area (Å²) in [4.78, 5) is 76.4. The van der Waals surface area contributed by atoms with Crippen LogP contribution in [0.15, 0.2) is 92.5 Å². The van der Waals surface area contributed by atoms with E-state index in [1.807, 2.05) is 26.0 Å². The zero-order chi connectivity index (χ0) is 48.4. The van der Waals surface area contributed by atoms with Crippen LogP contribution in [0.4, 0.5) is 0 Å². The lowest BCUT2D eigenvalue weighted by Gasteiger charge is -2.20. The molecule has 0 spiro atoms. The minimum Gasteiger partial charge on any atom is -0.394 e. The van der Waals surface area contributed by atoms with Gasteiger partial charge in [-0.25, -0.2) is 24.2 Å². The molecular formula is C42H54ClN13O10. The first kappa shape index (κ1) is 50.4. The molecule has 23 nitrogen and oxygen atoms in total. The van der Waals surface area contributed by atoms with E-state index >= 15 is 0 Å². The number of aromatic nitrogens is 11. The van der Waals surface area contributed by atoms with Crippen LogP contribution in [-0.2, 0) is 37.2 Å². The fraction of sp³-hybridized carbons (Fsp3) is 0.405. The zero-order valence-corrected chi connectivity index (χ0v) is 38.1. The summed E-state index contributed by atoms with van der Waals surface area (Å²) >= 11 is 5.60. The molecule has 1 amide bonds. The van der Waals surface area contributed by atoms with E-state index < -0.39 is 48.3 Å². The van der Waals surface area contributed by atoms with E-state index in [9.17, 15) is 34.2 Å². The number of hydrogen-bond donors (Lipinski definition) is 6. The third-order valence-corrected chi connectivity index (χ3v) is 10.2. The van der Waals surface area contributed by atoms with Crippen molar-refractivity contribution in [2.45, 2.75) is 51.0 Å². The van der Waals surface area contributed by atoms with Gasteiger partial charge in [0.2, 0.25) is 11.1 Å². The monoisotopic (exact) mass is 935 g/mol. The number of rotatable bonds is 11. The van der Waals surface area contributed by atoms with Gasteiger partial charge >= 0.3 is 11.4 Å². The van der Waals surface area contributed by atoms with Crippen molar-refractivity contribution in [3.05, 3.63) is 137 Å². The van der Waals surface area contributed by atoms with Crippen LogP contribution in [0.1, 0.15) is 47.9 Å². The second-order valence-corrected chi connectivity index (χ2v) is 16.1. The van der Waals surface area contributed by atoms with E-state index in [-0.39, 0.29) is 39.6 Å². The number of primary amides is 1. The number of imidazole rings is 2. The van der Waals surface area contributed by atoms with Crippen molar-refractivity contribution in [3.8, 4) is 0 Å². The van der Waals surface area contributed by atoms with Crippen LogP contribution in [0.2, 0.25) is 5.28 Å². The largest absolute Gasteiger partial charge is 0.394 e. The Balaban J connectivity index is 0.000000166. The number of H-pyrrole nitrogens is 2. The van der Waals surface area contributed by atoms with Crippen molar-refractivity contribution in [1.82, 2.24) is 57.9 Å². The van der Waals surface area contributed by atoms with E-state index in [2.05, 4.69) is 97.5 Å². The molecule has 6 heterocycles. The third-order valence-electron chi connectivity index (χ3n) is 10.1. The standard InChI is InChI=1S/C17H21NO.C10H14N4O2.C8H12N4O5.C7H7ClN4O2/c1-18(2)13-14-19-17(15-9-5-3-6-10-15)16-11-7-4-8-12-16;1-6(2)4-14-8-7(11-5-12-8)9(15)13(3)10(14)16;9-6(16)7-10-2-12(11-7)8-5(15)4(14)3(1-13)17-8;1-11-4-3(9-6(8)10-4)5(13)12(2)7(11)14/h3-12,17H,13-14H2,1-2H3;5-6H,4H2,1-3H3,(H,11,12);2-5,8,13-15H,1H2,(H2,9,16);1-2H3,(H,9,10)/t;;3-,4-,5-,8-;/m..1./s1. The molecule has 354 valence electrons. The minimum absolute atomic E-state index is 0.0161. The Hall–Kier alpha value is -6.60. The first-order valence-electron chi connectivity index (χ1n) is 20.5. The lowest BCUT2D eigenvalue weighted by molar-refractivity contribution is -0.0588. The van der Waals surface area contributed by atoms with Gasteiger partial charge in [0.15, 0.2) is 23.0 Å². The number of aromatic amines is 2. The van der Waals surface area contributed by atoms with Gasteiger partial charge in [-0.15, -0.1) is 5.10 Å². The number of hydrogen-bond acceptors (Lipinski definition) is 15. The zero-order valence-electron chi connectivity index (χ0n) is 37.3. The van der Waals surface area contributed by atoms with Gasteiger partial charge in [0.25, 0.3) is 17.0 Å². The van der Waals surface area contributed by atoms with E-state index in [1.54, 1.807) is 0 Å². The summed E-state index contributed by atoms with van der Waals surface area (Å²) in [5.74, 6) is -0.715. The van der Waals surface area contributed by atoms with Crippen LogP contribution < -0.4 is 28.2 Å². The molecule has 0 radical (unpaired) electrons. The number of carbonyl (C=O) groups excluding carboxylic acids is 1. The molecule has 5 aromatic heterocycles. The van der Waals surface area contributed by atoms with E-state index in [1.165, 1.54) is 47.7 Å². The number of nitrogens with one attached hydrogen (secondary N) is 2. The molecule has 2 aromatic carbocycles. The lowest BCUT2D eigenvalue weighted by atomic mass is 10.0. The highest BCUT2D eigenvalue weighted by Gasteiger charge is 2.44. The van der Waals surface area contributed by atoms with E-state index in [4.69, 9.17) is 31.9 Å². The number of amides is 1. The minimum atomic E-state index is -1.27. The van der Waals surface area contributed by atoms with Crippen LogP contribution in [0.5, 0.6) is 0 Å². The van der Waals surface area contributed by atoms with Gasteiger partial charge in [0, 0.05) is 34.2 Å². The number of nitrogens with two attached hydrogens (primary N) is 1. The number of likely N-dealkylation sites (N-methyl/N-ethyl adjacent to an activating group) is 1. The first-order chi connectivity index (χ1) is 31.4. The number of aliphatic hydroxyl groups is 3. The topological polar surface area (TPSA) is 302 Å². The Labute approximate surface area is 381 Å². The molecule has 0 aliphatic carbocycles. The van der Waals surface area contributed by atoms with Crippen LogP contribution in [-0.4, -0.2) is 131 Å². The van der Waals surface area contributed by atoms with E-state index in [0.717, 1.165) is 33.3 Å². The highest BCUT2D eigenvalue weighted by Crippen LogP contribution is 2.28. The van der Waals surface area contributed by atoms with Crippen LogP contribution >= 0.6 is 11.6 Å². The highest BCUT2D eigenvalue weighted by molar-refractivity contribution is 6.29. The molecule has 8 rings (SSSR count). The van der Waals surface area contributed by atoms with Crippen LogP contribution in [0.25, 0.3) is 22.3 Å². The van der Waals surface area contributed by atoms with Gasteiger partial charge in [-0.2, -0.15) is 4.98 Å².